The van der Waals surface area contributed by atoms with Gasteiger partial charge < -0.3 is 9.88 Å². The quantitative estimate of drug-likeness (QED) is 0.733. The van der Waals surface area contributed by atoms with Crippen LogP contribution in [0.3, 0.4) is 0 Å². The number of anilines is 1. The molecule has 0 aliphatic carbocycles. The number of hydrogen-bond acceptors (Lipinski definition) is 4. The lowest BCUT2D eigenvalue weighted by Gasteiger charge is -2.07. The molecular weight excluding hydrogens is 310 g/mol. The number of rotatable bonds is 4. The van der Waals surface area contributed by atoms with Gasteiger partial charge in [0.2, 0.25) is 5.91 Å². The van der Waals surface area contributed by atoms with Gasteiger partial charge in [0.05, 0.1) is 6.33 Å². The van der Waals surface area contributed by atoms with E-state index in [0.717, 1.165) is 6.42 Å². The Morgan fingerprint density at radius 2 is 1.96 bits per heavy atom. The molecule has 0 saturated heterocycles. The van der Waals surface area contributed by atoms with Crippen LogP contribution < -0.4 is 16.6 Å². The van der Waals surface area contributed by atoms with E-state index in [4.69, 9.17) is 0 Å². The van der Waals surface area contributed by atoms with Gasteiger partial charge in [-0.2, -0.15) is 0 Å². The molecule has 0 radical (unpaired) electrons. The van der Waals surface area contributed by atoms with Gasteiger partial charge in [0.25, 0.3) is 5.56 Å². The Balaban J connectivity index is 1.84. The molecule has 2 heterocycles. The molecule has 8 heteroatoms. The Bertz CT molecular complexity index is 1010. The number of nitrogens with one attached hydrogen (secondary N) is 2. The highest BCUT2D eigenvalue weighted by Crippen LogP contribution is 2.11. The van der Waals surface area contributed by atoms with Crippen molar-refractivity contribution in [2.45, 2.75) is 19.9 Å². The zero-order chi connectivity index (χ0) is 17.3. The molecule has 0 spiro atoms. The molecule has 0 saturated carbocycles. The van der Waals surface area contributed by atoms with Gasteiger partial charge in [0.15, 0.2) is 11.2 Å². The van der Waals surface area contributed by atoms with E-state index in [0.29, 0.717) is 5.69 Å². The summed E-state index contributed by atoms with van der Waals surface area (Å²) in [6.07, 6.45) is 2.30. The van der Waals surface area contributed by atoms with Gasteiger partial charge in [0, 0.05) is 12.7 Å². The van der Waals surface area contributed by atoms with Crippen molar-refractivity contribution in [3.8, 4) is 0 Å². The zero-order valence-electron chi connectivity index (χ0n) is 13.4. The number of fused-ring (bicyclic) bond motifs is 1. The maximum absolute atomic E-state index is 12.2. The fourth-order valence-corrected chi connectivity index (χ4v) is 2.48. The Morgan fingerprint density at radius 1 is 1.25 bits per heavy atom. The summed E-state index contributed by atoms with van der Waals surface area (Å²) in [6, 6.07) is 7.56. The molecular formula is C16H17N5O3. The molecule has 3 aromatic rings. The van der Waals surface area contributed by atoms with Gasteiger partial charge in [-0.1, -0.05) is 19.1 Å². The van der Waals surface area contributed by atoms with Crippen molar-refractivity contribution < 1.29 is 4.79 Å². The summed E-state index contributed by atoms with van der Waals surface area (Å²) in [6.45, 7) is 1.98. The van der Waals surface area contributed by atoms with Crippen LogP contribution in [0.2, 0.25) is 0 Å². The van der Waals surface area contributed by atoms with Gasteiger partial charge in [-0.3, -0.25) is 19.1 Å². The number of amides is 1. The molecule has 0 bridgehead atoms. The van der Waals surface area contributed by atoms with E-state index >= 15 is 0 Å². The van der Waals surface area contributed by atoms with Crippen LogP contribution in [0.5, 0.6) is 0 Å². The molecule has 0 atom stereocenters. The molecule has 0 aliphatic rings. The van der Waals surface area contributed by atoms with Crippen LogP contribution in [0.25, 0.3) is 11.2 Å². The Labute approximate surface area is 136 Å². The van der Waals surface area contributed by atoms with Gasteiger partial charge >= 0.3 is 5.69 Å². The molecule has 124 valence electrons. The van der Waals surface area contributed by atoms with Crippen molar-refractivity contribution in [2.75, 3.05) is 5.32 Å². The normalized spacial score (nSPS) is 10.9. The lowest BCUT2D eigenvalue weighted by molar-refractivity contribution is -0.116. The highest BCUT2D eigenvalue weighted by atomic mass is 16.2. The lowest BCUT2D eigenvalue weighted by atomic mass is 10.1. The largest absolute Gasteiger partial charge is 0.329 e. The third-order valence-corrected chi connectivity index (χ3v) is 3.84. The van der Waals surface area contributed by atoms with Crippen molar-refractivity contribution in [1.82, 2.24) is 19.1 Å². The summed E-state index contributed by atoms with van der Waals surface area (Å²) in [5.41, 5.74) is 1.19. The summed E-state index contributed by atoms with van der Waals surface area (Å²) in [5.74, 6) is -0.285. The maximum Gasteiger partial charge on any atom is 0.329 e. The number of aromatic nitrogens is 4. The Hall–Kier alpha value is -3.16. The minimum atomic E-state index is -0.564. The number of nitrogens with zero attached hydrogens (tertiary/aromatic N) is 3. The van der Waals surface area contributed by atoms with Crippen molar-refractivity contribution in [3.63, 3.8) is 0 Å². The van der Waals surface area contributed by atoms with E-state index in [9.17, 15) is 14.4 Å². The lowest BCUT2D eigenvalue weighted by Crippen LogP contribution is -2.30. The van der Waals surface area contributed by atoms with Crippen LogP contribution in [0, 0.1) is 0 Å². The summed E-state index contributed by atoms with van der Waals surface area (Å²) in [7, 11) is 1.51. The predicted octanol–water partition coefficient (Wildman–Crippen LogP) is 0.624. The number of carbonyl (C=O) groups is 1. The first-order valence-electron chi connectivity index (χ1n) is 7.52. The van der Waals surface area contributed by atoms with Gasteiger partial charge in [-0.15, -0.1) is 0 Å². The van der Waals surface area contributed by atoms with E-state index in [2.05, 4.69) is 22.2 Å². The number of H-pyrrole nitrogens is 1. The topological polar surface area (TPSA) is 102 Å². The van der Waals surface area contributed by atoms with Crippen LogP contribution in [0.4, 0.5) is 5.69 Å². The number of aryl methyl sites for hydroxylation is 2. The van der Waals surface area contributed by atoms with Crippen molar-refractivity contribution in [1.29, 1.82) is 0 Å². The molecule has 2 aromatic heterocycles. The fraction of sp³-hybridized carbons (Fsp3) is 0.250. The van der Waals surface area contributed by atoms with Crippen LogP contribution in [-0.4, -0.2) is 25.0 Å². The SMILES string of the molecule is CCc1ccc(NC(=O)Cn2cnc3c2c(=O)[nH]c(=O)n3C)cc1. The molecule has 8 nitrogen and oxygen atoms in total. The standard InChI is InChI=1S/C16H17N5O3/c1-3-10-4-6-11(7-5-10)18-12(22)8-21-9-17-14-13(21)15(23)19-16(24)20(14)2/h4-7,9H,3,8H2,1-2H3,(H,18,22)(H,19,23,24). The van der Waals surface area contributed by atoms with Gasteiger partial charge in [-0.25, -0.2) is 9.78 Å². The second-order valence-electron chi connectivity index (χ2n) is 5.46. The monoisotopic (exact) mass is 327 g/mol. The fourth-order valence-electron chi connectivity index (χ4n) is 2.48. The van der Waals surface area contributed by atoms with E-state index in [-0.39, 0.29) is 23.6 Å². The van der Waals surface area contributed by atoms with E-state index in [1.807, 2.05) is 24.3 Å². The second-order valence-corrected chi connectivity index (χ2v) is 5.46. The van der Waals surface area contributed by atoms with Crippen LogP contribution in [0.15, 0.2) is 40.2 Å². The smallest absolute Gasteiger partial charge is 0.325 e. The molecule has 0 aliphatic heterocycles. The Morgan fingerprint density at radius 3 is 2.62 bits per heavy atom. The molecule has 1 amide bonds. The van der Waals surface area contributed by atoms with Crippen LogP contribution in [0.1, 0.15) is 12.5 Å². The van der Waals surface area contributed by atoms with Crippen LogP contribution in [-0.2, 0) is 24.8 Å². The number of carbonyl (C=O) groups excluding carboxylic acids is 1. The molecule has 0 fully saturated rings. The van der Waals surface area contributed by atoms with Gasteiger partial charge in [-0.05, 0) is 24.1 Å². The third kappa shape index (κ3) is 2.85. The molecule has 24 heavy (non-hydrogen) atoms. The van der Waals surface area contributed by atoms with Crippen molar-refractivity contribution in [2.24, 2.45) is 7.05 Å². The first kappa shape index (κ1) is 15.7. The maximum atomic E-state index is 12.2. The number of hydrogen-bond donors (Lipinski definition) is 2. The van der Waals surface area contributed by atoms with Crippen molar-refractivity contribution in [3.05, 3.63) is 57.0 Å². The first-order valence-corrected chi connectivity index (χ1v) is 7.52. The van der Waals surface area contributed by atoms with Gasteiger partial charge in [0.1, 0.15) is 6.54 Å². The minimum Gasteiger partial charge on any atom is -0.325 e. The van der Waals surface area contributed by atoms with E-state index < -0.39 is 11.2 Å². The summed E-state index contributed by atoms with van der Waals surface area (Å²) in [4.78, 5) is 42.0. The number of imidazole rings is 1. The summed E-state index contributed by atoms with van der Waals surface area (Å²) >= 11 is 0. The predicted molar refractivity (Wildman–Crippen MR) is 90.0 cm³/mol. The third-order valence-electron chi connectivity index (χ3n) is 3.84. The van der Waals surface area contributed by atoms with E-state index in [1.165, 1.54) is 28.1 Å². The Kier molecular flexibility index (Phi) is 4.03. The average Bonchev–Trinajstić information content (AvgIpc) is 2.97. The molecule has 1 aromatic carbocycles. The first-order chi connectivity index (χ1) is 11.5. The minimum absolute atomic E-state index is 0.0761. The molecule has 3 rings (SSSR count). The van der Waals surface area contributed by atoms with Crippen molar-refractivity contribution >= 4 is 22.8 Å². The summed E-state index contributed by atoms with van der Waals surface area (Å²) < 4.78 is 2.65. The zero-order valence-corrected chi connectivity index (χ0v) is 13.4. The molecule has 2 N–H and O–H groups in total. The average molecular weight is 327 g/mol. The number of benzene rings is 1. The highest BCUT2D eigenvalue weighted by Gasteiger charge is 2.13. The van der Waals surface area contributed by atoms with E-state index in [1.54, 1.807) is 0 Å². The molecule has 0 unspecified atom stereocenters. The number of aromatic amines is 1. The van der Waals surface area contributed by atoms with Crippen LogP contribution >= 0.6 is 0 Å². The second kappa shape index (κ2) is 6.15. The highest BCUT2D eigenvalue weighted by molar-refractivity contribution is 5.91. The summed E-state index contributed by atoms with van der Waals surface area (Å²) in [5, 5.41) is 2.77.